The zero-order chi connectivity index (χ0) is 14.6. The molecule has 1 aromatic rings. The van der Waals surface area contributed by atoms with Crippen LogP contribution in [-0.4, -0.2) is 43.9 Å². The average Bonchev–Trinajstić information content (AvgIpc) is 2.30. The molecule has 7 nitrogen and oxygen atoms in total. The van der Waals surface area contributed by atoms with Crippen molar-refractivity contribution < 1.29 is 22.5 Å². The highest BCUT2D eigenvalue weighted by Crippen LogP contribution is 2.16. The van der Waals surface area contributed by atoms with Crippen LogP contribution in [-0.2, 0) is 21.5 Å². The van der Waals surface area contributed by atoms with Crippen LogP contribution in [0.4, 0.5) is 0 Å². The highest BCUT2D eigenvalue weighted by atomic mass is 32.2. The lowest BCUT2D eigenvalue weighted by molar-refractivity contribution is -0.138. The molecule has 106 valence electrons. The first kappa shape index (κ1) is 15.4. The Morgan fingerprint density at radius 1 is 1.37 bits per heavy atom. The van der Waals surface area contributed by atoms with Crippen LogP contribution < -0.4 is 9.92 Å². The summed E-state index contributed by atoms with van der Waals surface area (Å²) in [5, 5.41) is 8.68. The van der Waals surface area contributed by atoms with Crippen molar-refractivity contribution in [3.8, 4) is 5.75 Å². The van der Waals surface area contributed by atoms with Crippen molar-refractivity contribution in [3.05, 3.63) is 29.8 Å². The van der Waals surface area contributed by atoms with E-state index in [0.717, 1.165) is 4.31 Å². The molecule has 1 aromatic carbocycles. The second-order valence-corrected chi connectivity index (χ2v) is 5.87. The average molecular weight is 288 g/mol. The zero-order valence-corrected chi connectivity index (χ0v) is 11.4. The third-order valence-corrected chi connectivity index (χ3v) is 3.64. The van der Waals surface area contributed by atoms with Crippen LogP contribution in [0.2, 0.25) is 0 Å². The molecule has 0 aliphatic carbocycles. The molecule has 0 aliphatic rings. The number of hydrogen-bond donors (Lipinski definition) is 2. The van der Waals surface area contributed by atoms with Crippen molar-refractivity contribution in [2.75, 3.05) is 14.1 Å². The Balaban J connectivity index is 2.75. The SMILES string of the molecule is CN(C)S(=O)(=O)Oc1ccc(C[C@H](N)C(=O)O)cc1. The summed E-state index contributed by atoms with van der Waals surface area (Å²) < 4.78 is 28.7. The number of carboxylic acids is 1. The number of carbonyl (C=O) groups is 1. The Kier molecular flexibility index (Phi) is 4.87. The maximum absolute atomic E-state index is 11.5. The Morgan fingerprint density at radius 2 is 1.89 bits per heavy atom. The van der Waals surface area contributed by atoms with E-state index in [2.05, 4.69) is 0 Å². The molecule has 0 aliphatic heterocycles. The Hall–Kier alpha value is -1.64. The molecular formula is C11H16N2O5S. The smallest absolute Gasteiger partial charge is 0.384 e. The van der Waals surface area contributed by atoms with Gasteiger partial charge in [-0.3, -0.25) is 4.79 Å². The van der Waals surface area contributed by atoms with E-state index in [9.17, 15) is 13.2 Å². The van der Waals surface area contributed by atoms with E-state index in [1.54, 1.807) is 12.1 Å². The number of nitrogens with zero attached hydrogens (tertiary/aromatic N) is 1. The van der Waals surface area contributed by atoms with Crippen molar-refractivity contribution in [1.82, 2.24) is 4.31 Å². The molecule has 8 heteroatoms. The number of benzene rings is 1. The van der Waals surface area contributed by atoms with Crippen LogP contribution >= 0.6 is 0 Å². The van der Waals surface area contributed by atoms with Crippen LogP contribution in [0.25, 0.3) is 0 Å². The molecule has 0 aromatic heterocycles. The second kappa shape index (κ2) is 6.00. The zero-order valence-electron chi connectivity index (χ0n) is 10.6. The van der Waals surface area contributed by atoms with Gasteiger partial charge in [-0.2, -0.15) is 12.7 Å². The van der Waals surface area contributed by atoms with Crippen LogP contribution in [0.3, 0.4) is 0 Å². The summed E-state index contributed by atoms with van der Waals surface area (Å²) in [7, 11) is -1.07. The van der Waals surface area contributed by atoms with Gasteiger partial charge in [-0.25, -0.2) is 0 Å². The highest BCUT2D eigenvalue weighted by Gasteiger charge is 2.16. The summed E-state index contributed by atoms with van der Waals surface area (Å²) >= 11 is 0. The van der Waals surface area contributed by atoms with E-state index in [0.29, 0.717) is 5.56 Å². The fourth-order valence-electron chi connectivity index (χ4n) is 1.22. The molecule has 3 N–H and O–H groups in total. The summed E-state index contributed by atoms with van der Waals surface area (Å²) in [5.41, 5.74) is 6.08. The van der Waals surface area contributed by atoms with Gasteiger partial charge < -0.3 is 15.0 Å². The summed E-state index contributed by atoms with van der Waals surface area (Å²) in [6.07, 6.45) is 0.163. The number of hydrogen-bond acceptors (Lipinski definition) is 5. The van der Waals surface area contributed by atoms with Gasteiger partial charge in [0.1, 0.15) is 11.8 Å². The predicted octanol–water partition coefficient (Wildman–Crippen LogP) is -0.174. The number of rotatable bonds is 6. The van der Waals surface area contributed by atoms with Crippen molar-refractivity contribution >= 4 is 16.3 Å². The number of carboxylic acid groups (broad SMARTS) is 1. The minimum atomic E-state index is -3.79. The highest BCUT2D eigenvalue weighted by molar-refractivity contribution is 7.84. The monoisotopic (exact) mass is 288 g/mol. The lowest BCUT2D eigenvalue weighted by Crippen LogP contribution is -2.32. The maximum Gasteiger partial charge on any atom is 0.384 e. The van der Waals surface area contributed by atoms with E-state index in [4.69, 9.17) is 15.0 Å². The quantitative estimate of drug-likeness (QED) is 0.751. The molecule has 0 fully saturated rings. The third kappa shape index (κ3) is 4.51. The molecule has 0 bridgehead atoms. The van der Waals surface area contributed by atoms with E-state index in [1.165, 1.54) is 26.2 Å². The fourth-order valence-corrected chi connectivity index (χ4v) is 1.72. The van der Waals surface area contributed by atoms with Gasteiger partial charge in [0.15, 0.2) is 0 Å². The molecule has 0 radical (unpaired) electrons. The van der Waals surface area contributed by atoms with Crippen molar-refractivity contribution in [1.29, 1.82) is 0 Å². The first-order valence-corrected chi connectivity index (χ1v) is 6.78. The summed E-state index contributed by atoms with van der Waals surface area (Å²) in [6.45, 7) is 0. The van der Waals surface area contributed by atoms with Crippen LogP contribution in [0.5, 0.6) is 5.75 Å². The molecule has 0 saturated carbocycles. The van der Waals surface area contributed by atoms with Gasteiger partial charge in [-0.05, 0) is 24.1 Å². The first-order chi connectivity index (χ1) is 8.72. The van der Waals surface area contributed by atoms with Gasteiger partial charge in [0, 0.05) is 14.1 Å². The van der Waals surface area contributed by atoms with Crippen LogP contribution in [0.15, 0.2) is 24.3 Å². The molecule has 0 spiro atoms. The second-order valence-electron chi connectivity index (χ2n) is 4.12. The predicted molar refractivity (Wildman–Crippen MR) is 69.0 cm³/mol. The molecule has 0 heterocycles. The fraction of sp³-hybridized carbons (Fsp3) is 0.364. The molecular weight excluding hydrogens is 272 g/mol. The van der Waals surface area contributed by atoms with Gasteiger partial charge in [0.2, 0.25) is 0 Å². The van der Waals surface area contributed by atoms with Crippen molar-refractivity contribution in [2.24, 2.45) is 5.73 Å². The Bertz CT molecular complexity index is 539. The Morgan fingerprint density at radius 3 is 2.32 bits per heavy atom. The van der Waals surface area contributed by atoms with Gasteiger partial charge in [-0.15, -0.1) is 0 Å². The van der Waals surface area contributed by atoms with Gasteiger partial charge in [0.05, 0.1) is 0 Å². The molecule has 0 unspecified atom stereocenters. The molecule has 19 heavy (non-hydrogen) atoms. The van der Waals surface area contributed by atoms with Gasteiger partial charge in [-0.1, -0.05) is 12.1 Å². The van der Waals surface area contributed by atoms with E-state index < -0.39 is 22.3 Å². The minimum Gasteiger partial charge on any atom is -0.480 e. The van der Waals surface area contributed by atoms with E-state index >= 15 is 0 Å². The molecule has 0 saturated heterocycles. The van der Waals surface area contributed by atoms with Gasteiger partial charge >= 0.3 is 16.3 Å². The summed E-state index contributed by atoms with van der Waals surface area (Å²) in [4.78, 5) is 10.6. The lowest BCUT2D eigenvalue weighted by atomic mass is 10.1. The van der Waals surface area contributed by atoms with Gasteiger partial charge in [0.25, 0.3) is 0 Å². The third-order valence-electron chi connectivity index (χ3n) is 2.34. The van der Waals surface area contributed by atoms with Crippen LogP contribution in [0.1, 0.15) is 5.56 Å². The standard InChI is InChI=1S/C11H16N2O5S/c1-13(2)19(16,17)18-9-5-3-8(4-6-9)7-10(12)11(14)15/h3-6,10H,7,12H2,1-2H3,(H,14,15)/t10-/m0/s1. The summed E-state index contributed by atoms with van der Waals surface area (Å²) in [6, 6.07) is 5.06. The molecule has 1 atom stereocenters. The number of nitrogens with two attached hydrogens (primary N) is 1. The van der Waals surface area contributed by atoms with E-state index in [-0.39, 0.29) is 12.2 Å². The molecule has 1 rings (SSSR count). The maximum atomic E-state index is 11.5. The molecule has 0 amide bonds. The topological polar surface area (TPSA) is 110 Å². The van der Waals surface area contributed by atoms with Crippen molar-refractivity contribution in [3.63, 3.8) is 0 Å². The Labute approximate surface area is 111 Å². The summed E-state index contributed by atoms with van der Waals surface area (Å²) in [5.74, 6) is -0.933. The van der Waals surface area contributed by atoms with Crippen LogP contribution in [0, 0.1) is 0 Å². The number of aliphatic carboxylic acids is 1. The van der Waals surface area contributed by atoms with Crippen molar-refractivity contribution in [2.45, 2.75) is 12.5 Å². The lowest BCUT2D eigenvalue weighted by Gasteiger charge is -2.12. The minimum absolute atomic E-state index is 0.154. The first-order valence-electron chi connectivity index (χ1n) is 5.41. The van der Waals surface area contributed by atoms with E-state index in [1.807, 2.05) is 0 Å². The normalized spacial score (nSPS) is 13.3. The largest absolute Gasteiger partial charge is 0.480 e.